The number of hydrogen-bond acceptors (Lipinski definition) is 5. The van der Waals surface area contributed by atoms with Gasteiger partial charge in [-0.25, -0.2) is 13.1 Å². The van der Waals surface area contributed by atoms with Gasteiger partial charge in [0.05, 0.1) is 53.5 Å². The Morgan fingerprint density at radius 3 is 1.86 bits per heavy atom. The normalized spacial score (nSPS) is 22.3. The van der Waals surface area contributed by atoms with Crippen molar-refractivity contribution in [2.75, 3.05) is 13.2 Å². The Morgan fingerprint density at radius 2 is 1.31 bits per heavy atom. The standard InChI is InChI=1S/C27H30INO5S/c1-20-12-14-23(15-13-20)35(30,31)29-27-25(19-33-17-22-10-6-3-7-11-22)34-24(26(27)28)18-32-16-21-8-4-2-5-9-21/h2-15,24-27,29H,16-19H2,1H3/t24-,25-,26-,27-/m1/s1. The molecule has 3 aromatic carbocycles. The highest BCUT2D eigenvalue weighted by atomic mass is 127. The summed E-state index contributed by atoms with van der Waals surface area (Å²) in [5.41, 5.74) is 3.13. The highest BCUT2D eigenvalue weighted by Crippen LogP contribution is 2.30. The molecule has 6 nitrogen and oxygen atoms in total. The summed E-state index contributed by atoms with van der Waals surface area (Å²) in [6.07, 6.45) is -0.707. The molecule has 0 unspecified atom stereocenters. The fraction of sp³-hybridized carbons (Fsp3) is 0.333. The Balaban J connectivity index is 1.43. The van der Waals surface area contributed by atoms with Gasteiger partial charge in [0.15, 0.2) is 0 Å². The quantitative estimate of drug-likeness (QED) is 0.254. The molecule has 0 spiro atoms. The first-order valence-electron chi connectivity index (χ1n) is 11.5. The lowest BCUT2D eigenvalue weighted by Gasteiger charge is -2.22. The van der Waals surface area contributed by atoms with Crippen LogP contribution in [0.5, 0.6) is 0 Å². The topological polar surface area (TPSA) is 73.9 Å². The van der Waals surface area contributed by atoms with Crippen LogP contribution in [0.15, 0.2) is 89.8 Å². The second kappa shape index (κ2) is 12.4. The fourth-order valence-electron chi connectivity index (χ4n) is 3.93. The van der Waals surface area contributed by atoms with E-state index < -0.39 is 22.2 Å². The summed E-state index contributed by atoms with van der Waals surface area (Å²) in [6, 6.07) is 26.2. The maximum Gasteiger partial charge on any atom is 0.240 e. The minimum atomic E-state index is -3.72. The molecule has 35 heavy (non-hydrogen) atoms. The number of halogens is 1. The van der Waals surface area contributed by atoms with Gasteiger partial charge in [-0.3, -0.25) is 0 Å². The number of ether oxygens (including phenoxy) is 3. The van der Waals surface area contributed by atoms with Crippen molar-refractivity contribution in [3.05, 3.63) is 102 Å². The van der Waals surface area contributed by atoms with E-state index in [9.17, 15) is 8.42 Å². The molecule has 3 aromatic rings. The lowest BCUT2D eigenvalue weighted by Crippen LogP contribution is -2.47. The van der Waals surface area contributed by atoms with E-state index >= 15 is 0 Å². The number of alkyl halides is 1. The molecule has 1 heterocycles. The molecule has 1 saturated heterocycles. The first kappa shape index (κ1) is 26.2. The summed E-state index contributed by atoms with van der Waals surface area (Å²) in [5.74, 6) is 0. The van der Waals surface area contributed by atoms with Gasteiger partial charge in [0.2, 0.25) is 10.0 Å². The van der Waals surface area contributed by atoms with Crippen LogP contribution in [0, 0.1) is 6.92 Å². The fourth-order valence-corrected chi connectivity index (χ4v) is 6.49. The third-order valence-corrected chi connectivity index (χ3v) is 8.91. The van der Waals surface area contributed by atoms with Crippen LogP contribution in [0.4, 0.5) is 0 Å². The molecule has 1 aliphatic rings. The van der Waals surface area contributed by atoms with Crippen LogP contribution in [0.2, 0.25) is 0 Å². The summed E-state index contributed by atoms with van der Waals surface area (Å²) >= 11 is 2.27. The monoisotopic (exact) mass is 607 g/mol. The van der Waals surface area contributed by atoms with E-state index in [1.54, 1.807) is 24.3 Å². The molecular weight excluding hydrogens is 577 g/mol. The molecule has 0 amide bonds. The van der Waals surface area contributed by atoms with Crippen molar-refractivity contribution in [1.82, 2.24) is 4.72 Å². The predicted octanol–water partition coefficient (Wildman–Crippen LogP) is 4.65. The first-order chi connectivity index (χ1) is 16.9. The van der Waals surface area contributed by atoms with Gasteiger partial charge in [-0.05, 0) is 30.2 Å². The van der Waals surface area contributed by atoms with Crippen molar-refractivity contribution in [2.45, 2.75) is 47.2 Å². The molecule has 4 atom stereocenters. The van der Waals surface area contributed by atoms with E-state index in [1.165, 1.54) is 0 Å². The third kappa shape index (κ3) is 7.34. The molecule has 0 aliphatic carbocycles. The Hall–Kier alpha value is -1.82. The van der Waals surface area contributed by atoms with Crippen molar-refractivity contribution in [3.8, 4) is 0 Å². The number of hydrogen-bond donors (Lipinski definition) is 1. The maximum atomic E-state index is 13.1. The van der Waals surface area contributed by atoms with Crippen LogP contribution in [-0.4, -0.2) is 43.8 Å². The molecule has 1 N–H and O–H groups in total. The van der Waals surface area contributed by atoms with Gasteiger partial charge < -0.3 is 14.2 Å². The SMILES string of the molecule is Cc1ccc(S(=O)(=O)N[C@H]2[C@H](I)[C@@H](COCc3ccccc3)O[C@@H]2COCc2ccccc2)cc1. The van der Waals surface area contributed by atoms with Crippen LogP contribution in [-0.2, 0) is 37.4 Å². The van der Waals surface area contributed by atoms with E-state index in [4.69, 9.17) is 14.2 Å². The average Bonchev–Trinajstić information content (AvgIpc) is 3.14. The number of aryl methyl sites for hydroxylation is 1. The molecule has 1 aliphatic heterocycles. The molecule has 0 aromatic heterocycles. The van der Waals surface area contributed by atoms with Gasteiger partial charge in [-0.1, -0.05) is 101 Å². The second-order valence-electron chi connectivity index (χ2n) is 8.62. The van der Waals surface area contributed by atoms with Crippen molar-refractivity contribution in [3.63, 3.8) is 0 Å². The van der Waals surface area contributed by atoms with Crippen LogP contribution < -0.4 is 4.72 Å². The predicted molar refractivity (Wildman–Crippen MR) is 144 cm³/mol. The van der Waals surface area contributed by atoms with Crippen LogP contribution >= 0.6 is 22.6 Å². The number of rotatable bonds is 11. The van der Waals surface area contributed by atoms with Gasteiger partial charge in [0, 0.05) is 0 Å². The summed E-state index contributed by atoms with van der Waals surface area (Å²) in [7, 11) is -3.72. The summed E-state index contributed by atoms with van der Waals surface area (Å²) in [5, 5.41) is 0. The molecule has 0 saturated carbocycles. The smallest absolute Gasteiger partial charge is 0.240 e. The Kier molecular flexibility index (Phi) is 9.32. The number of nitrogens with one attached hydrogen (secondary N) is 1. The van der Waals surface area contributed by atoms with Crippen molar-refractivity contribution < 1.29 is 22.6 Å². The lowest BCUT2D eigenvalue weighted by atomic mass is 10.1. The summed E-state index contributed by atoms with van der Waals surface area (Å²) in [4.78, 5) is 0.236. The zero-order valence-corrected chi connectivity index (χ0v) is 22.5. The molecule has 0 radical (unpaired) electrons. The van der Waals surface area contributed by atoms with Crippen LogP contribution in [0.3, 0.4) is 0 Å². The minimum absolute atomic E-state index is 0.131. The van der Waals surface area contributed by atoms with Gasteiger partial charge in [-0.15, -0.1) is 0 Å². The van der Waals surface area contributed by atoms with Gasteiger partial charge >= 0.3 is 0 Å². The zero-order chi connectivity index (χ0) is 24.7. The number of sulfonamides is 1. The Bertz CT molecular complexity index is 1160. The van der Waals surface area contributed by atoms with E-state index in [0.717, 1.165) is 16.7 Å². The summed E-state index contributed by atoms with van der Waals surface area (Å²) in [6.45, 7) is 3.46. The Labute approximate surface area is 221 Å². The van der Waals surface area contributed by atoms with E-state index in [2.05, 4.69) is 27.3 Å². The molecule has 4 rings (SSSR count). The maximum absolute atomic E-state index is 13.1. The van der Waals surface area contributed by atoms with Crippen LogP contribution in [0.1, 0.15) is 16.7 Å². The van der Waals surface area contributed by atoms with E-state index in [-0.39, 0.29) is 21.5 Å². The third-order valence-electron chi connectivity index (χ3n) is 5.86. The largest absolute Gasteiger partial charge is 0.374 e. The van der Waals surface area contributed by atoms with E-state index in [0.29, 0.717) is 19.8 Å². The highest BCUT2D eigenvalue weighted by molar-refractivity contribution is 14.1. The van der Waals surface area contributed by atoms with Crippen molar-refractivity contribution in [2.24, 2.45) is 0 Å². The van der Waals surface area contributed by atoms with Gasteiger partial charge in [0.1, 0.15) is 0 Å². The molecule has 1 fully saturated rings. The van der Waals surface area contributed by atoms with Crippen molar-refractivity contribution in [1.29, 1.82) is 0 Å². The van der Waals surface area contributed by atoms with Crippen molar-refractivity contribution >= 4 is 32.6 Å². The summed E-state index contributed by atoms with van der Waals surface area (Å²) < 4.78 is 47.2. The van der Waals surface area contributed by atoms with E-state index in [1.807, 2.05) is 67.6 Å². The first-order valence-corrected chi connectivity index (χ1v) is 14.3. The molecule has 0 bridgehead atoms. The highest BCUT2D eigenvalue weighted by Gasteiger charge is 2.45. The molecule has 186 valence electrons. The number of benzene rings is 3. The lowest BCUT2D eigenvalue weighted by molar-refractivity contribution is -0.0525. The van der Waals surface area contributed by atoms with Gasteiger partial charge in [-0.2, -0.15) is 0 Å². The van der Waals surface area contributed by atoms with Gasteiger partial charge in [0.25, 0.3) is 0 Å². The minimum Gasteiger partial charge on any atom is -0.374 e. The molecular formula is C27H30INO5S. The van der Waals surface area contributed by atoms with Crippen LogP contribution in [0.25, 0.3) is 0 Å². The Morgan fingerprint density at radius 1 is 0.800 bits per heavy atom. The molecule has 8 heteroatoms. The zero-order valence-electron chi connectivity index (χ0n) is 19.5. The average molecular weight is 608 g/mol. The second-order valence-corrected chi connectivity index (χ2v) is 11.8.